The average molecular weight is 407 g/mol. The van der Waals surface area contributed by atoms with Crippen LogP contribution in [-0.4, -0.2) is 43.0 Å². The van der Waals surface area contributed by atoms with Gasteiger partial charge >= 0.3 is 0 Å². The van der Waals surface area contributed by atoms with Crippen molar-refractivity contribution in [1.82, 2.24) is 4.90 Å². The third-order valence-electron chi connectivity index (χ3n) is 4.91. The van der Waals surface area contributed by atoms with Crippen LogP contribution in [0.25, 0.3) is 0 Å². The molecule has 0 unspecified atom stereocenters. The minimum atomic E-state index is -0.253. The van der Waals surface area contributed by atoms with Crippen molar-refractivity contribution < 1.29 is 19.1 Å². The minimum absolute atomic E-state index is 0.0784. The summed E-state index contributed by atoms with van der Waals surface area (Å²) in [6, 6.07) is 16.2. The largest absolute Gasteiger partial charge is 0.490 e. The standard InChI is InChI=1S/C23H25N3O4/c1-2-29-21-13-17(14-24)10-11-20(21)30-16-22(27)26-12-6-7-18(15-26)23(28)25-19-8-4-3-5-9-19/h3-5,8-11,13,18H,2,6-7,12,15-16H2,1H3,(H,25,28)/t18-/m0/s1. The molecule has 1 saturated heterocycles. The Kier molecular flexibility index (Phi) is 7.28. The first-order chi connectivity index (χ1) is 14.6. The van der Waals surface area contributed by atoms with Crippen LogP contribution in [0.3, 0.4) is 0 Å². The summed E-state index contributed by atoms with van der Waals surface area (Å²) in [6.07, 6.45) is 1.51. The molecule has 0 saturated carbocycles. The van der Waals surface area contributed by atoms with E-state index in [-0.39, 0.29) is 24.3 Å². The van der Waals surface area contributed by atoms with Crippen molar-refractivity contribution >= 4 is 17.5 Å². The number of amides is 2. The number of carbonyl (C=O) groups is 2. The van der Waals surface area contributed by atoms with Crippen molar-refractivity contribution in [2.75, 3.05) is 31.6 Å². The van der Waals surface area contributed by atoms with Crippen LogP contribution in [0.2, 0.25) is 0 Å². The normalized spacial score (nSPS) is 15.7. The smallest absolute Gasteiger partial charge is 0.260 e. The van der Waals surface area contributed by atoms with Crippen molar-refractivity contribution in [3.8, 4) is 17.6 Å². The zero-order valence-corrected chi connectivity index (χ0v) is 17.0. The Morgan fingerprint density at radius 3 is 2.70 bits per heavy atom. The van der Waals surface area contributed by atoms with Gasteiger partial charge in [-0.15, -0.1) is 0 Å². The Balaban J connectivity index is 1.57. The van der Waals surface area contributed by atoms with Crippen LogP contribution in [0.15, 0.2) is 48.5 Å². The summed E-state index contributed by atoms with van der Waals surface area (Å²) in [7, 11) is 0. The SMILES string of the molecule is CCOc1cc(C#N)ccc1OCC(=O)N1CCC[C@H](C(=O)Nc2ccccc2)C1. The summed E-state index contributed by atoms with van der Waals surface area (Å²) in [5.74, 6) is 0.337. The van der Waals surface area contributed by atoms with Crippen LogP contribution in [0, 0.1) is 17.2 Å². The summed E-state index contributed by atoms with van der Waals surface area (Å²) in [6.45, 7) is 3.07. The molecule has 0 bridgehead atoms. The number of nitriles is 1. The second-order valence-electron chi connectivity index (χ2n) is 7.03. The average Bonchev–Trinajstić information content (AvgIpc) is 2.79. The number of nitrogens with zero attached hydrogens (tertiary/aromatic N) is 2. The summed E-state index contributed by atoms with van der Waals surface area (Å²) in [5, 5.41) is 11.9. The highest BCUT2D eigenvalue weighted by Gasteiger charge is 2.28. The van der Waals surface area contributed by atoms with Crippen molar-refractivity contribution in [1.29, 1.82) is 5.26 Å². The topological polar surface area (TPSA) is 91.7 Å². The van der Waals surface area contributed by atoms with E-state index in [1.165, 1.54) is 0 Å². The fourth-order valence-electron chi connectivity index (χ4n) is 3.38. The predicted molar refractivity (Wildman–Crippen MR) is 112 cm³/mol. The van der Waals surface area contributed by atoms with Gasteiger partial charge in [0.05, 0.1) is 24.2 Å². The highest BCUT2D eigenvalue weighted by atomic mass is 16.5. The molecule has 2 aromatic rings. The van der Waals surface area contributed by atoms with Gasteiger partial charge < -0.3 is 19.7 Å². The van der Waals surface area contributed by atoms with E-state index in [0.717, 1.165) is 18.5 Å². The Bertz CT molecular complexity index is 924. The Labute approximate surface area is 176 Å². The molecule has 1 fully saturated rings. The van der Waals surface area contributed by atoms with Crippen molar-refractivity contribution in [2.45, 2.75) is 19.8 Å². The quantitative estimate of drug-likeness (QED) is 0.761. The number of likely N-dealkylation sites (tertiary alicyclic amines) is 1. The molecule has 1 aliphatic rings. The first kappa shape index (κ1) is 21.2. The number of nitrogens with one attached hydrogen (secondary N) is 1. The number of rotatable bonds is 7. The summed E-state index contributed by atoms with van der Waals surface area (Å²) in [4.78, 5) is 26.9. The van der Waals surface area contributed by atoms with Gasteiger partial charge in [0, 0.05) is 24.8 Å². The molecule has 2 amide bonds. The molecule has 7 heteroatoms. The fourth-order valence-corrected chi connectivity index (χ4v) is 3.38. The van der Waals surface area contributed by atoms with E-state index in [9.17, 15) is 9.59 Å². The number of anilines is 1. The lowest BCUT2D eigenvalue weighted by Gasteiger charge is -2.32. The number of ether oxygens (including phenoxy) is 2. The predicted octanol–water partition coefficient (Wildman–Crippen LogP) is 3.21. The molecule has 1 heterocycles. The van der Waals surface area contributed by atoms with Crippen molar-refractivity contribution in [3.63, 3.8) is 0 Å². The van der Waals surface area contributed by atoms with Crippen LogP contribution < -0.4 is 14.8 Å². The molecule has 2 aromatic carbocycles. The fraction of sp³-hybridized carbons (Fsp3) is 0.348. The lowest BCUT2D eigenvalue weighted by Crippen LogP contribution is -2.45. The Morgan fingerprint density at radius 2 is 1.97 bits per heavy atom. The molecule has 0 aromatic heterocycles. The maximum absolute atomic E-state index is 12.7. The molecule has 1 N–H and O–H groups in total. The molecule has 156 valence electrons. The van der Waals surface area contributed by atoms with E-state index in [1.807, 2.05) is 37.3 Å². The summed E-state index contributed by atoms with van der Waals surface area (Å²) < 4.78 is 11.2. The molecule has 3 rings (SSSR count). The van der Waals surface area contributed by atoms with E-state index in [0.29, 0.717) is 36.8 Å². The number of para-hydroxylation sites is 1. The van der Waals surface area contributed by atoms with Crippen molar-refractivity contribution in [2.24, 2.45) is 5.92 Å². The molecule has 30 heavy (non-hydrogen) atoms. The number of carbonyl (C=O) groups excluding carboxylic acids is 2. The molecule has 1 atom stereocenters. The molecular weight excluding hydrogens is 382 g/mol. The molecule has 0 spiro atoms. The van der Waals surface area contributed by atoms with E-state index < -0.39 is 0 Å². The highest BCUT2D eigenvalue weighted by molar-refractivity contribution is 5.93. The van der Waals surface area contributed by atoms with Crippen molar-refractivity contribution in [3.05, 3.63) is 54.1 Å². The van der Waals surface area contributed by atoms with Gasteiger partial charge in [-0.3, -0.25) is 9.59 Å². The van der Waals surface area contributed by atoms with E-state index in [4.69, 9.17) is 14.7 Å². The van der Waals surface area contributed by atoms with Crippen LogP contribution in [-0.2, 0) is 9.59 Å². The van der Waals surface area contributed by atoms with Gasteiger partial charge in [-0.25, -0.2) is 0 Å². The third kappa shape index (κ3) is 5.51. The van der Waals surface area contributed by atoms with E-state index >= 15 is 0 Å². The van der Waals surface area contributed by atoms with Crippen LogP contribution in [0.4, 0.5) is 5.69 Å². The number of piperidine rings is 1. The monoisotopic (exact) mass is 407 g/mol. The zero-order chi connectivity index (χ0) is 21.3. The first-order valence-electron chi connectivity index (χ1n) is 10.0. The maximum atomic E-state index is 12.7. The zero-order valence-electron chi connectivity index (χ0n) is 17.0. The van der Waals surface area contributed by atoms with Gasteiger partial charge in [0.25, 0.3) is 5.91 Å². The van der Waals surface area contributed by atoms with Crippen LogP contribution >= 0.6 is 0 Å². The number of benzene rings is 2. The van der Waals surface area contributed by atoms with Gasteiger partial charge in [-0.2, -0.15) is 5.26 Å². The van der Waals surface area contributed by atoms with Gasteiger partial charge in [-0.1, -0.05) is 18.2 Å². The minimum Gasteiger partial charge on any atom is -0.490 e. The molecule has 1 aliphatic heterocycles. The maximum Gasteiger partial charge on any atom is 0.260 e. The Hall–Kier alpha value is -3.53. The third-order valence-corrected chi connectivity index (χ3v) is 4.91. The van der Waals surface area contributed by atoms with Crippen LogP contribution in [0.5, 0.6) is 11.5 Å². The molecular formula is C23H25N3O4. The van der Waals surface area contributed by atoms with Crippen LogP contribution in [0.1, 0.15) is 25.3 Å². The Morgan fingerprint density at radius 1 is 1.17 bits per heavy atom. The molecule has 7 nitrogen and oxygen atoms in total. The lowest BCUT2D eigenvalue weighted by atomic mass is 9.97. The number of hydrogen-bond acceptors (Lipinski definition) is 5. The van der Waals surface area contributed by atoms with Gasteiger partial charge in [0.1, 0.15) is 0 Å². The van der Waals surface area contributed by atoms with E-state index in [1.54, 1.807) is 23.1 Å². The lowest BCUT2D eigenvalue weighted by molar-refractivity contribution is -0.136. The van der Waals surface area contributed by atoms with Gasteiger partial charge in [-0.05, 0) is 44.0 Å². The molecule has 0 radical (unpaired) electrons. The summed E-state index contributed by atoms with van der Waals surface area (Å²) >= 11 is 0. The first-order valence-corrected chi connectivity index (χ1v) is 10.0. The second kappa shape index (κ2) is 10.3. The van der Waals surface area contributed by atoms with E-state index in [2.05, 4.69) is 11.4 Å². The van der Waals surface area contributed by atoms with Gasteiger partial charge in [0.15, 0.2) is 18.1 Å². The highest BCUT2D eigenvalue weighted by Crippen LogP contribution is 2.28. The summed E-state index contributed by atoms with van der Waals surface area (Å²) in [5.41, 5.74) is 1.21. The van der Waals surface area contributed by atoms with Gasteiger partial charge in [0.2, 0.25) is 5.91 Å². The second-order valence-corrected chi connectivity index (χ2v) is 7.03. The molecule has 0 aliphatic carbocycles. The number of hydrogen-bond donors (Lipinski definition) is 1.